The first-order valence-electron chi connectivity index (χ1n) is 9.43. The van der Waals surface area contributed by atoms with E-state index in [9.17, 15) is 21.6 Å². The van der Waals surface area contributed by atoms with E-state index in [1.54, 1.807) is 24.3 Å². The fourth-order valence-corrected chi connectivity index (χ4v) is 4.57. The molecule has 1 N–H and O–H groups in total. The van der Waals surface area contributed by atoms with Crippen LogP contribution >= 0.6 is 11.6 Å². The van der Waals surface area contributed by atoms with Crippen molar-refractivity contribution in [3.05, 3.63) is 88.4 Å². The van der Waals surface area contributed by atoms with Crippen molar-refractivity contribution in [1.29, 1.82) is 0 Å². The molecule has 5 nitrogen and oxygen atoms in total. The van der Waals surface area contributed by atoms with E-state index >= 15 is 0 Å². The largest absolute Gasteiger partial charge is 0.573 e. The second kappa shape index (κ2) is 8.48. The normalized spacial score (nSPS) is 13.8. The molecule has 166 valence electrons. The lowest BCUT2D eigenvalue weighted by molar-refractivity contribution is -0.274. The Morgan fingerprint density at radius 2 is 1.66 bits per heavy atom. The highest BCUT2D eigenvalue weighted by Gasteiger charge is 2.31. The molecule has 0 radical (unpaired) electrons. The number of aliphatic imine (C=N–C) groups is 1. The fourth-order valence-electron chi connectivity index (χ4n) is 3.34. The van der Waals surface area contributed by atoms with E-state index in [0.29, 0.717) is 17.3 Å². The number of nitrogens with one attached hydrogen (secondary N) is 1. The van der Waals surface area contributed by atoms with Gasteiger partial charge in [0.1, 0.15) is 5.75 Å². The molecule has 0 amide bonds. The van der Waals surface area contributed by atoms with Gasteiger partial charge < -0.3 is 4.74 Å². The maximum atomic E-state index is 12.6. The van der Waals surface area contributed by atoms with Crippen molar-refractivity contribution < 1.29 is 26.3 Å². The fraction of sp³-hybridized carbons (Fsp3) is 0.136. The summed E-state index contributed by atoms with van der Waals surface area (Å²) in [5.74, 6) is -0.505. The Hall–Kier alpha value is -3.04. The minimum atomic E-state index is -4.85. The van der Waals surface area contributed by atoms with Crippen LogP contribution in [0.25, 0.3) is 0 Å². The Bertz CT molecular complexity index is 1270. The number of ether oxygens (including phenoxy) is 1. The first-order chi connectivity index (χ1) is 15.1. The molecule has 3 aromatic carbocycles. The van der Waals surface area contributed by atoms with E-state index in [4.69, 9.17) is 11.6 Å². The highest BCUT2D eigenvalue weighted by Crippen LogP contribution is 2.27. The lowest BCUT2D eigenvalue weighted by Gasteiger charge is -2.18. The maximum absolute atomic E-state index is 12.6. The van der Waals surface area contributed by atoms with E-state index in [2.05, 4.69) is 14.5 Å². The molecular weight excluding hydrogens is 465 g/mol. The number of halogens is 4. The molecule has 10 heteroatoms. The third-order valence-electron chi connectivity index (χ3n) is 4.76. The van der Waals surface area contributed by atoms with Gasteiger partial charge in [-0.05, 0) is 60.5 Å². The molecule has 1 aliphatic heterocycles. The molecule has 1 heterocycles. The molecule has 0 unspecified atom stereocenters. The Morgan fingerprint density at radius 3 is 2.31 bits per heavy atom. The Labute approximate surface area is 187 Å². The Kier molecular flexibility index (Phi) is 5.87. The summed E-state index contributed by atoms with van der Waals surface area (Å²) in [6.45, 7) is 0.645. The molecule has 0 atom stereocenters. The van der Waals surface area contributed by atoms with Crippen molar-refractivity contribution in [1.82, 2.24) is 0 Å². The smallest absolute Gasteiger partial charge is 0.406 e. The van der Waals surface area contributed by atoms with Crippen LogP contribution in [0.5, 0.6) is 5.75 Å². The zero-order valence-electron chi connectivity index (χ0n) is 16.4. The van der Waals surface area contributed by atoms with E-state index in [1.807, 2.05) is 18.2 Å². The summed E-state index contributed by atoms with van der Waals surface area (Å²) in [7, 11) is -4.00. The van der Waals surface area contributed by atoms with Gasteiger partial charge in [-0.25, -0.2) is 8.42 Å². The summed E-state index contributed by atoms with van der Waals surface area (Å²) in [4.78, 5) is 4.40. The predicted octanol–water partition coefficient (Wildman–Crippen LogP) is 5.43. The summed E-state index contributed by atoms with van der Waals surface area (Å²) < 4.78 is 68.1. The third-order valence-corrected chi connectivity index (χ3v) is 6.39. The monoisotopic (exact) mass is 480 g/mol. The molecule has 0 aromatic heterocycles. The van der Waals surface area contributed by atoms with Crippen molar-refractivity contribution in [2.45, 2.75) is 17.7 Å². The van der Waals surface area contributed by atoms with Gasteiger partial charge in [0.2, 0.25) is 0 Å². The minimum absolute atomic E-state index is 0.198. The molecule has 0 fully saturated rings. The summed E-state index contributed by atoms with van der Waals surface area (Å²) in [6.07, 6.45) is -4.03. The molecule has 32 heavy (non-hydrogen) atoms. The minimum Gasteiger partial charge on any atom is -0.406 e. The number of hydrogen-bond acceptors (Lipinski definition) is 4. The summed E-state index contributed by atoms with van der Waals surface area (Å²) in [5.41, 5.74) is 3.97. The maximum Gasteiger partial charge on any atom is 0.573 e. The van der Waals surface area contributed by atoms with Gasteiger partial charge in [0, 0.05) is 28.4 Å². The van der Waals surface area contributed by atoms with E-state index in [-0.39, 0.29) is 4.90 Å². The summed E-state index contributed by atoms with van der Waals surface area (Å²) in [6, 6.07) is 16.3. The second-order valence-electron chi connectivity index (χ2n) is 6.98. The molecular formula is C22H16ClF3N2O3S. The molecule has 0 saturated carbocycles. The molecule has 0 bridgehead atoms. The molecule has 0 aliphatic carbocycles. The first kappa shape index (κ1) is 22.2. The molecule has 3 aromatic rings. The van der Waals surface area contributed by atoms with Gasteiger partial charge in [0.25, 0.3) is 10.0 Å². The van der Waals surface area contributed by atoms with Gasteiger partial charge in [-0.3, -0.25) is 9.71 Å². The third kappa shape index (κ3) is 5.05. The number of benzene rings is 3. The van der Waals surface area contributed by atoms with Crippen LogP contribution in [0.3, 0.4) is 0 Å². The van der Waals surface area contributed by atoms with Gasteiger partial charge in [-0.1, -0.05) is 29.8 Å². The lowest BCUT2D eigenvalue weighted by Crippen LogP contribution is -2.17. The highest BCUT2D eigenvalue weighted by molar-refractivity contribution is 7.92. The Morgan fingerprint density at radius 1 is 0.969 bits per heavy atom. The summed E-state index contributed by atoms with van der Waals surface area (Å²) >= 11 is 6.13. The van der Waals surface area contributed by atoms with Gasteiger partial charge in [0.05, 0.1) is 10.6 Å². The number of rotatable bonds is 5. The van der Waals surface area contributed by atoms with Gasteiger partial charge in [-0.15, -0.1) is 13.2 Å². The van der Waals surface area contributed by atoms with Crippen molar-refractivity contribution in [3.8, 4) is 5.75 Å². The van der Waals surface area contributed by atoms with Gasteiger partial charge in [-0.2, -0.15) is 0 Å². The number of nitrogens with zero attached hydrogens (tertiary/aromatic N) is 1. The van der Waals surface area contributed by atoms with E-state index in [0.717, 1.165) is 53.1 Å². The average Bonchev–Trinajstić information content (AvgIpc) is 2.73. The van der Waals surface area contributed by atoms with Crippen LogP contribution in [0.2, 0.25) is 5.02 Å². The summed E-state index contributed by atoms with van der Waals surface area (Å²) in [5, 5.41) is 0.606. The van der Waals surface area contributed by atoms with Crippen LogP contribution < -0.4 is 9.46 Å². The predicted molar refractivity (Wildman–Crippen MR) is 116 cm³/mol. The quantitative estimate of drug-likeness (QED) is 0.529. The number of sulfonamides is 1. The number of alkyl halides is 3. The zero-order chi connectivity index (χ0) is 22.9. The highest BCUT2D eigenvalue weighted by atomic mass is 35.5. The standard InChI is InChI=1S/C22H16ClF3N2O3S/c23-16-4-1-14-11-12-27-21(20(14)13-16)15-2-5-17(6-3-15)28-32(29,30)19-9-7-18(8-10-19)31-22(24,25)26/h1-10,13,28H,11-12H2. The van der Waals surface area contributed by atoms with Crippen molar-refractivity contribution in [3.63, 3.8) is 0 Å². The number of fused-ring (bicyclic) bond motifs is 1. The molecule has 1 aliphatic rings. The van der Waals surface area contributed by atoms with Crippen LogP contribution in [-0.2, 0) is 16.4 Å². The molecule has 4 rings (SSSR count). The van der Waals surface area contributed by atoms with Crippen molar-refractivity contribution >= 4 is 33.0 Å². The van der Waals surface area contributed by atoms with Crippen LogP contribution in [0.15, 0.2) is 76.6 Å². The van der Waals surface area contributed by atoms with Crippen molar-refractivity contribution in [2.24, 2.45) is 4.99 Å². The van der Waals surface area contributed by atoms with E-state index in [1.165, 1.54) is 0 Å². The second-order valence-corrected chi connectivity index (χ2v) is 9.10. The topological polar surface area (TPSA) is 67.8 Å². The average molecular weight is 481 g/mol. The SMILES string of the molecule is O=S(=O)(Nc1ccc(C2=NCCc3ccc(Cl)cc32)cc1)c1ccc(OC(F)(F)F)cc1. The van der Waals surface area contributed by atoms with Crippen LogP contribution in [-0.4, -0.2) is 27.0 Å². The Balaban J connectivity index is 1.52. The molecule has 0 spiro atoms. The number of anilines is 1. The first-order valence-corrected chi connectivity index (χ1v) is 11.3. The van der Waals surface area contributed by atoms with E-state index < -0.39 is 22.1 Å². The van der Waals surface area contributed by atoms with Crippen LogP contribution in [0.4, 0.5) is 18.9 Å². The van der Waals surface area contributed by atoms with Gasteiger partial charge in [0.15, 0.2) is 0 Å². The number of hydrogen-bond donors (Lipinski definition) is 1. The zero-order valence-corrected chi connectivity index (χ0v) is 17.9. The molecule has 0 saturated heterocycles. The van der Waals surface area contributed by atoms with Crippen molar-refractivity contribution in [2.75, 3.05) is 11.3 Å². The van der Waals surface area contributed by atoms with Gasteiger partial charge >= 0.3 is 6.36 Å². The van der Waals surface area contributed by atoms with Crippen LogP contribution in [0, 0.1) is 0 Å². The van der Waals surface area contributed by atoms with Crippen LogP contribution in [0.1, 0.15) is 16.7 Å². The lowest BCUT2D eigenvalue weighted by atomic mass is 9.93.